The van der Waals surface area contributed by atoms with Crippen molar-refractivity contribution in [3.63, 3.8) is 0 Å². The molecular formula is C20H31NO2. The van der Waals surface area contributed by atoms with Gasteiger partial charge in [-0.15, -0.1) is 0 Å². The maximum absolute atomic E-state index is 11.1. The Hall–Kier alpha value is -1.35. The third-order valence-corrected chi connectivity index (χ3v) is 5.00. The maximum atomic E-state index is 11.1. The highest BCUT2D eigenvalue weighted by Crippen LogP contribution is 2.37. The van der Waals surface area contributed by atoms with Gasteiger partial charge in [0.25, 0.3) is 0 Å². The van der Waals surface area contributed by atoms with Crippen molar-refractivity contribution in [2.45, 2.75) is 71.4 Å². The Morgan fingerprint density at radius 3 is 2.17 bits per heavy atom. The van der Waals surface area contributed by atoms with Crippen LogP contribution in [-0.2, 0) is 11.2 Å². The highest BCUT2D eigenvalue weighted by molar-refractivity contribution is 5.78. The van der Waals surface area contributed by atoms with E-state index in [1.165, 1.54) is 19.3 Å². The second-order valence-electron chi connectivity index (χ2n) is 8.00. The number of carbonyl (C=O) groups excluding carboxylic acids is 1. The molecule has 1 fully saturated rings. The Labute approximate surface area is 141 Å². The van der Waals surface area contributed by atoms with Crippen LogP contribution < -0.4 is 4.74 Å². The zero-order valence-electron chi connectivity index (χ0n) is 15.3. The Bertz CT molecular complexity index is 515. The molecule has 3 heteroatoms. The Kier molecular flexibility index (Phi) is 5.51. The van der Waals surface area contributed by atoms with Crippen LogP contribution in [0, 0.1) is 0 Å². The van der Waals surface area contributed by atoms with E-state index in [4.69, 9.17) is 4.74 Å². The number of piperidine rings is 1. The number of rotatable bonds is 6. The Balaban J connectivity index is 1.89. The van der Waals surface area contributed by atoms with Gasteiger partial charge in [-0.05, 0) is 71.6 Å². The number of likely N-dealkylation sites (tertiary alicyclic amines) is 1. The molecule has 0 radical (unpaired) electrons. The predicted octanol–water partition coefficient (Wildman–Crippen LogP) is 4.24. The van der Waals surface area contributed by atoms with Crippen LogP contribution in [0.15, 0.2) is 24.3 Å². The normalized spacial score (nSPS) is 20.2. The average Bonchev–Trinajstić information content (AvgIpc) is 2.42. The van der Waals surface area contributed by atoms with Gasteiger partial charge in [-0.25, -0.2) is 0 Å². The van der Waals surface area contributed by atoms with Crippen LogP contribution in [-0.4, -0.2) is 34.9 Å². The molecule has 128 valence electrons. The topological polar surface area (TPSA) is 29.5 Å². The zero-order valence-corrected chi connectivity index (χ0v) is 15.3. The third kappa shape index (κ3) is 4.81. The average molecular weight is 317 g/mol. The summed E-state index contributed by atoms with van der Waals surface area (Å²) in [5.41, 5.74) is 1.51. The quantitative estimate of drug-likeness (QED) is 0.786. The SMILES string of the molecule is CC(=O)Cc1ccc(OCCN2C(C)(C)CCCC2(C)C)cc1. The lowest BCUT2D eigenvalue weighted by molar-refractivity contribution is -0.116. The number of hydrogen-bond acceptors (Lipinski definition) is 3. The second-order valence-corrected chi connectivity index (χ2v) is 8.00. The number of benzene rings is 1. The molecule has 1 aliphatic heterocycles. The Morgan fingerprint density at radius 2 is 1.65 bits per heavy atom. The summed E-state index contributed by atoms with van der Waals surface area (Å²) in [6.07, 6.45) is 4.29. The van der Waals surface area contributed by atoms with Crippen molar-refractivity contribution >= 4 is 5.78 Å². The van der Waals surface area contributed by atoms with Crippen LogP contribution >= 0.6 is 0 Å². The van der Waals surface area contributed by atoms with Gasteiger partial charge in [0.15, 0.2) is 0 Å². The summed E-state index contributed by atoms with van der Waals surface area (Å²) in [5, 5.41) is 0. The molecule has 0 saturated carbocycles. The number of carbonyl (C=O) groups is 1. The monoisotopic (exact) mass is 317 g/mol. The summed E-state index contributed by atoms with van der Waals surface area (Å²) in [6, 6.07) is 7.88. The second kappa shape index (κ2) is 7.04. The lowest BCUT2D eigenvalue weighted by Gasteiger charge is -2.53. The van der Waals surface area contributed by atoms with E-state index >= 15 is 0 Å². The smallest absolute Gasteiger partial charge is 0.134 e. The van der Waals surface area contributed by atoms with Crippen molar-refractivity contribution in [1.82, 2.24) is 4.90 Å². The van der Waals surface area contributed by atoms with Gasteiger partial charge in [0.05, 0.1) is 0 Å². The fourth-order valence-electron chi connectivity index (χ4n) is 3.89. The first kappa shape index (κ1) is 18.0. The minimum atomic E-state index is 0.188. The van der Waals surface area contributed by atoms with Gasteiger partial charge in [0, 0.05) is 24.0 Å². The molecule has 3 nitrogen and oxygen atoms in total. The van der Waals surface area contributed by atoms with Crippen LogP contribution in [0.2, 0.25) is 0 Å². The predicted molar refractivity (Wildman–Crippen MR) is 95.0 cm³/mol. The lowest BCUT2D eigenvalue weighted by atomic mass is 9.80. The fourth-order valence-corrected chi connectivity index (χ4v) is 3.89. The largest absolute Gasteiger partial charge is 0.492 e. The molecule has 0 aromatic heterocycles. The standard InChI is InChI=1S/C20H31NO2/c1-16(22)15-17-7-9-18(10-8-17)23-14-13-21-19(2,3)11-6-12-20(21,4)5/h7-10H,6,11-15H2,1-5H3. The number of Topliss-reactive ketones (excluding diaryl/α,β-unsaturated/α-hetero) is 1. The molecule has 0 atom stereocenters. The number of nitrogens with zero attached hydrogens (tertiary/aromatic N) is 1. The summed E-state index contributed by atoms with van der Waals surface area (Å²) >= 11 is 0. The van der Waals surface area contributed by atoms with Crippen molar-refractivity contribution < 1.29 is 9.53 Å². The van der Waals surface area contributed by atoms with Gasteiger partial charge in [-0.3, -0.25) is 9.69 Å². The molecule has 23 heavy (non-hydrogen) atoms. The minimum Gasteiger partial charge on any atom is -0.492 e. The van der Waals surface area contributed by atoms with Gasteiger partial charge < -0.3 is 4.74 Å². The highest BCUT2D eigenvalue weighted by Gasteiger charge is 2.40. The molecule has 0 unspecified atom stereocenters. The summed E-state index contributed by atoms with van der Waals surface area (Å²) in [6.45, 7) is 12.6. The summed E-state index contributed by atoms with van der Waals surface area (Å²) < 4.78 is 5.93. The number of ether oxygens (including phenoxy) is 1. The molecule has 1 heterocycles. The van der Waals surface area contributed by atoms with Crippen LogP contribution in [0.5, 0.6) is 5.75 Å². The molecule has 1 saturated heterocycles. The third-order valence-electron chi connectivity index (χ3n) is 5.00. The van der Waals surface area contributed by atoms with Crippen LogP contribution in [0.1, 0.15) is 59.4 Å². The van der Waals surface area contributed by atoms with E-state index in [2.05, 4.69) is 32.6 Å². The molecule has 0 spiro atoms. The molecule has 1 aromatic rings. The van der Waals surface area contributed by atoms with Gasteiger partial charge in [-0.1, -0.05) is 12.1 Å². The lowest BCUT2D eigenvalue weighted by Crippen LogP contribution is -2.59. The number of hydrogen-bond donors (Lipinski definition) is 0. The molecule has 0 amide bonds. The molecule has 2 rings (SSSR count). The van der Waals surface area contributed by atoms with E-state index in [0.717, 1.165) is 17.9 Å². The molecule has 0 N–H and O–H groups in total. The minimum absolute atomic E-state index is 0.188. The van der Waals surface area contributed by atoms with Crippen molar-refractivity contribution in [3.8, 4) is 5.75 Å². The van der Waals surface area contributed by atoms with Gasteiger partial charge >= 0.3 is 0 Å². The van der Waals surface area contributed by atoms with E-state index in [0.29, 0.717) is 13.0 Å². The summed E-state index contributed by atoms with van der Waals surface area (Å²) in [5.74, 6) is 1.07. The summed E-state index contributed by atoms with van der Waals surface area (Å²) in [4.78, 5) is 13.7. The molecular weight excluding hydrogens is 286 g/mol. The molecule has 1 aromatic carbocycles. The summed E-state index contributed by atoms with van der Waals surface area (Å²) in [7, 11) is 0. The van der Waals surface area contributed by atoms with Crippen LogP contribution in [0.25, 0.3) is 0 Å². The highest BCUT2D eigenvalue weighted by atomic mass is 16.5. The zero-order chi connectivity index (χ0) is 17.1. The van der Waals surface area contributed by atoms with Crippen molar-refractivity contribution in [2.75, 3.05) is 13.2 Å². The Morgan fingerprint density at radius 1 is 1.09 bits per heavy atom. The van der Waals surface area contributed by atoms with Crippen LogP contribution in [0.3, 0.4) is 0 Å². The first-order valence-electron chi connectivity index (χ1n) is 8.70. The molecule has 1 aliphatic rings. The maximum Gasteiger partial charge on any atom is 0.134 e. The first-order valence-corrected chi connectivity index (χ1v) is 8.70. The first-order chi connectivity index (χ1) is 10.7. The van der Waals surface area contributed by atoms with E-state index < -0.39 is 0 Å². The van der Waals surface area contributed by atoms with Crippen molar-refractivity contribution in [2.24, 2.45) is 0 Å². The molecule has 0 bridgehead atoms. The van der Waals surface area contributed by atoms with Crippen molar-refractivity contribution in [3.05, 3.63) is 29.8 Å². The van der Waals surface area contributed by atoms with E-state index in [-0.39, 0.29) is 16.9 Å². The van der Waals surface area contributed by atoms with E-state index in [1.54, 1.807) is 6.92 Å². The van der Waals surface area contributed by atoms with E-state index in [9.17, 15) is 4.79 Å². The molecule has 0 aliphatic carbocycles. The van der Waals surface area contributed by atoms with Gasteiger partial charge in [0.2, 0.25) is 0 Å². The van der Waals surface area contributed by atoms with Gasteiger partial charge in [0.1, 0.15) is 18.1 Å². The van der Waals surface area contributed by atoms with Crippen molar-refractivity contribution in [1.29, 1.82) is 0 Å². The number of ketones is 1. The van der Waals surface area contributed by atoms with Gasteiger partial charge in [-0.2, -0.15) is 0 Å². The fraction of sp³-hybridized carbons (Fsp3) is 0.650. The van der Waals surface area contributed by atoms with Crippen LogP contribution in [0.4, 0.5) is 0 Å². The van der Waals surface area contributed by atoms with E-state index in [1.807, 2.05) is 24.3 Å².